The minimum atomic E-state index is -0.109. The molecule has 3 heterocycles. The molecule has 3 aromatic carbocycles. The van der Waals surface area contributed by atoms with Gasteiger partial charge in [-0.15, -0.1) is 0 Å². The van der Waals surface area contributed by atoms with Gasteiger partial charge < -0.3 is 23.8 Å². The molecule has 0 amide bonds. The monoisotopic (exact) mass is 456 g/mol. The lowest BCUT2D eigenvalue weighted by molar-refractivity contribution is 0.0872. The lowest BCUT2D eigenvalue weighted by Crippen LogP contribution is -2.31. The molecule has 0 N–H and O–H groups in total. The number of allylic oxidation sites excluding steroid dienone is 1. The van der Waals surface area contributed by atoms with Crippen LogP contribution in [0.4, 0.5) is 5.69 Å². The number of carbonyl (C=O) groups excluding carboxylic acids is 1. The van der Waals surface area contributed by atoms with Crippen molar-refractivity contribution >= 4 is 17.5 Å². The Morgan fingerprint density at radius 2 is 1.74 bits per heavy atom. The highest BCUT2D eigenvalue weighted by Gasteiger charge is 2.33. The normalized spacial score (nSPS) is 17.2. The van der Waals surface area contributed by atoms with E-state index in [1.165, 1.54) is 0 Å². The van der Waals surface area contributed by atoms with Crippen LogP contribution in [0.1, 0.15) is 27.0 Å². The molecule has 0 unspecified atom stereocenters. The average Bonchev–Trinajstić information content (AvgIpc) is 3.44. The van der Waals surface area contributed by atoms with Crippen molar-refractivity contribution in [2.24, 2.45) is 0 Å². The first kappa shape index (κ1) is 20.6. The summed E-state index contributed by atoms with van der Waals surface area (Å²) < 4.78 is 23.0. The van der Waals surface area contributed by atoms with Gasteiger partial charge in [0.05, 0.1) is 11.1 Å². The summed E-state index contributed by atoms with van der Waals surface area (Å²) in [5.74, 6) is 3.10. The number of anilines is 1. The summed E-state index contributed by atoms with van der Waals surface area (Å²) in [6, 6.07) is 17.6. The highest BCUT2D eigenvalue weighted by Crippen LogP contribution is 2.42. The van der Waals surface area contributed by atoms with Crippen LogP contribution in [0.3, 0.4) is 0 Å². The fourth-order valence-corrected chi connectivity index (χ4v) is 4.42. The molecule has 0 atom stereocenters. The molecule has 0 aliphatic carbocycles. The van der Waals surface area contributed by atoms with Gasteiger partial charge in [0.15, 0.2) is 17.3 Å². The SMILES string of the molecule is CN(C)c1ccc(/C=C2\Oc3c(ccc4c3CN(Cc3ccc5c(c3)OCO5)CO4)C2=O)cc1. The third-order valence-electron chi connectivity index (χ3n) is 6.23. The van der Waals surface area contributed by atoms with E-state index < -0.39 is 0 Å². The van der Waals surface area contributed by atoms with Crippen LogP contribution in [0.2, 0.25) is 0 Å². The zero-order valence-corrected chi connectivity index (χ0v) is 19.0. The Labute approximate surface area is 197 Å². The maximum Gasteiger partial charge on any atom is 0.231 e. The number of Topliss-reactive ketones (excluding diaryl/α,β-unsaturated/α-hetero) is 1. The number of nitrogens with zero attached hydrogens (tertiary/aromatic N) is 2. The largest absolute Gasteiger partial charge is 0.478 e. The van der Waals surface area contributed by atoms with Crippen molar-refractivity contribution in [3.8, 4) is 23.0 Å². The molecule has 6 rings (SSSR count). The van der Waals surface area contributed by atoms with Gasteiger partial charge in [-0.1, -0.05) is 18.2 Å². The molecule has 7 heteroatoms. The Morgan fingerprint density at radius 1 is 0.941 bits per heavy atom. The average molecular weight is 456 g/mol. The standard InChI is InChI=1S/C27H24N2O5/c1-28(2)19-6-3-17(4-7-19)11-25-26(30)20-8-10-22-21(27(20)34-25)14-29(15-31-22)13-18-5-9-23-24(12-18)33-16-32-23/h3-12H,13-16H2,1-2H3/b25-11-. The quantitative estimate of drug-likeness (QED) is 0.538. The topological polar surface area (TPSA) is 60.5 Å². The molecular weight excluding hydrogens is 432 g/mol. The molecule has 0 saturated carbocycles. The van der Waals surface area contributed by atoms with Gasteiger partial charge in [-0.2, -0.15) is 0 Å². The van der Waals surface area contributed by atoms with E-state index in [4.69, 9.17) is 18.9 Å². The van der Waals surface area contributed by atoms with Gasteiger partial charge in [0, 0.05) is 32.9 Å². The third kappa shape index (κ3) is 3.64. The Bertz CT molecular complexity index is 1310. The second-order valence-electron chi connectivity index (χ2n) is 8.79. The van der Waals surface area contributed by atoms with E-state index in [1.807, 2.05) is 67.5 Å². The van der Waals surface area contributed by atoms with Gasteiger partial charge in [0.25, 0.3) is 0 Å². The molecule has 3 aromatic rings. The third-order valence-corrected chi connectivity index (χ3v) is 6.23. The molecule has 0 spiro atoms. The number of benzene rings is 3. The van der Waals surface area contributed by atoms with Gasteiger partial charge in [-0.3, -0.25) is 9.69 Å². The fourth-order valence-electron chi connectivity index (χ4n) is 4.42. The van der Waals surface area contributed by atoms with E-state index in [0.29, 0.717) is 36.9 Å². The van der Waals surface area contributed by atoms with Crippen molar-refractivity contribution in [1.29, 1.82) is 0 Å². The molecule has 3 aliphatic heterocycles. The van der Waals surface area contributed by atoms with Crippen LogP contribution in [-0.2, 0) is 13.1 Å². The van der Waals surface area contributed by atoms with Crippen LogP contribution in [0.5, 0.6) is 23.0 Å². The van der Waals surface area contributed by atoms with Crippen molar-refractivity contribution in [3.05, 3.63) is 82.6 Å². The van der Waals surface area contributed by atoms with Gasteiger partial charge >= 0.3 is 0 Å². The van der Waals surface area contributed by atoms with Crippen LogP contribution in [-0.4, -0.2) is 38.3 Å². The second-order valence-corrected chi connectivity index (χ2v) is 8.79. The van der Waals surface area contributed by atoms with Crippen LogP contribution in [0, 0.1) is 0 Å². The Balaban J connectivity index is 1.24. The molecule has 0 radical (unpaired) electrons. The van der Waals surface area contributed by atoms with Gasteiger partial charge in [-0.05, 0) is 53.6 Å². The van der Waals surface area contributed by atoms with Crippen LogP contribution >= 0.6 is 0 Å². The van der Waals surface area contributed by atoms with Crippen molar-refractivity contribution in [3.63, 3.8) is 0 Å². The zero-order valence-electron chi connectivity index (χ0n) is 19.0. The van der Waals surface area contributed by atoms with Gasteiger partial charge in [0.1, 0.15) is 18.2 Å². The number of rotatable bonds is 4. The first-order valence-corrected chi connectivity index (χ1v) is 11.2. The number of hydrogen-bond acceptors (Lipinski definition) is 7. The second kappa shape index (κ2) is 8.11. The Morgan fingerprint density at radius 3 is 2.56 bits per heavy atom. The van der Waals surface area contributed by atoms with Gasteiger partial charge in [0.2, 0.25) is 12.6 Å². The predicted molar refractivity (Wildman–Crippen MR) is 127 cm³/mol. The molecule has 34 heavy (non-hydrogen) atoms. The van der Waals surface area contributed by atoms with Crippen molar-refractivity contribution < 1.29 is 23.7 Å². The number of ether oxygens (including phenoxy) is 4. The Hall–Kier alpha value is -3.97. The number of carbonyl (C=O) groups is 1. The summed E-state index contributed by atoms with van der Waals surface area (Å²) in [5, 5.41) is 0. The van der Waals surface area contributed by atoms with E-state index >= 15 is 0 Å². The smallest absolute Gasteiger partial charge is 0.231 e. The van der Waals surface area contributed by atoms with E-state index in [1.54, 1.807) is 12.1 Å². The number of ketones is 1. The summed E-state index contributed by atoms with van der Waals surface area (Å²) in [6.07, 6.45) is 1.79. The fraction of sp³-hybridized carbons (Fsp3) is 0.222. The molecule has 0 fully saturated rings. The summed E-state index contributed by atoms with van der Waals surface area (Å²) in [5.41, 5.74) is 4.57. The lowest BCUT2D eigenvalue weighted by Gasteiger charge is -2.29. The van der Waals surface area contributed by atoms with Crippen molar-refractivity contribution in [2.75, 3.05) is 32.5 Å². The Kier molecular flexibility index (Phi) is 4.92. The van der Waals surface area contributed by atoms with Crippen molar-refractivity contribution in [1.82, 2.24) is 4.90 Å². The minimum Gasteiger partial charge on any atom is -0.478 e. The van der Waals surface area contributed by atoms with Crippen LogP contribution < -0.4 is 23.8 Å². The molecule has 3 aliphatic rings. The summed E-state index contributed by atoms with van der Waals surface area (Å²) in [4.78, 5) is 17.3. The van der Waals surface area contributed by atoms with E-state index in [-0.39, 0.29) is 12.6 Å². The van der Waals surface area contributed by atoms with Crippen LogP contribution in [0.25, 0.3) is 6.08 Å². The van der Waals surface area contributed by atoms with Gasteiger partial charge in [-0.25, -0.2) is 0 Å². The number of hydrogen-bond donors (Lipinski definition) is 0. The molecule has 0 saturated heterocycles. The molecule has 0 aromatic heterocycles. The minimum absolute atomic E-state index is 0.109. The summed E-state index contributed by atoms with van der Waals surface area (Å²) in [7, 11) is 3.99. The maximum absolute atomic E-state index is 13.1. The molecule has 172 valence electrons. The first-order valence-electron chi connectivity index (χ1n) is 11.2. The molecule has 0 bridgehead atoms. The molecular formula is C27H24N2O5. The maximum atomic E-state index is 13.1. The predicted octanol–water partition coefficient (Wildman–Crippen LogP) is 4.45. The van der Waals surface area contributed by atoms with Crippen molar-refractivity contribution in [2.45, 2.75) is 13.1 Å². The zero-order chi connectivity index (χ0) is 23.2. The summed E-state index contributed by atoms with van der Waals surface area (Å²) >= 11 is 0. The van der Waals surface area contributed by atoms with Crippen LogP contribution in [0.15, 0.2) is 60.4 Å². The van der Waals surface area contributed by atoms with E-state index in [9.17, 15) is 4.79 Å². The van der Waals surface area contributed by atoms with E-state index in [2.05, 4.69) is 4.90 Å². The number of fused-ring (bicyclic) bond motifs is 4. The highest BCUT2D eigenvalue weighted by molar-refractivity contribution is 6.15. The van der Waals surface area contributed by atoms with E-state index in [0.717, 1.165) is 39.6 Å². The molecule has 7 nitrogen and oxygen atoms in total. The lowest BCUT2D eigenvalue weighted by atomic mass is 10.0. The highest BCUT2D eigenvalue weighted by atomic mass is 16.7. The first-order chi connectivity index (χ1) is 16.5. The summed E-state index contributed by atoms with van der Waals surface area (Å²) in [6.45, 7) is 2.00.